The van der Waals surface area contributed by atoms with Gasteiger partial charge in [0.25, 0.3) is 0 Å². The zero-order chi connectivity index (χ0) is 16.9. The monoisotopic (exact) mass is 310 g/mol. The molecular formula is C21H26O2. The topological polar surface area (TPSA) is 26.3 Å². The summed E-state index contributed by atoms with van der Waals surface area (Å²) in [5.74, 6) is 1.16. The molecule has 0 heterocycles. The first-order valence-corrected chi connectivity index (χ1v) is 8.16. The van der Waals surface area contributed by atoms with E-state index in [9.17, 15) is 4.79 Å². The lowest BCUT2D eigenvalue weighted by Gasteiger charge is -2.17. The van der Waals surface area contributed by atoms with E-state index < -0.39 is 0 Å². The van der Waals surface area contributed by atoms with E-state index in [2.05, 4.69) is 19.1 Å². The van der Waals surface area contributed by atoms with Gasteiger partial charge in [-0.3, -0.25) is 4.79 Å². The van der Waals surface area contributed by atoms with Gasteiger partial charge in [-0.15, -0.1) is 0 Å². The van der Waals surface area contributed by atoms with Crippen LogP contribution in [0.4, 0.5) is 0 Å². The average Bonchev–Trinajstić information content (AvgIpc) is 2.51. The lowest BCUT2D eigenvalue weighted by Crippen LogP contribution is -2.20. The molecule has 0 aliphatic heterocycles. The normalized spacial score (nSPS) is 11.3. The highest BCUT2D eigenvalue weighted by Crippen LogP contribution is 2.24. The first-order valence-electron chi connectivity index (χ1n) is 8.16. The Hall–Kier alpha value is -2.09. The Balaban J connectivity index is 2.03. The summed E-state index contributed by atoms with van der Waals surface area (Å²) in [6.45, 7) is 8.55. The summed E-state index contributed by atoms with van der Waals surface area (Å²) in [7, 11) is 0. The Labute approximate surface area is 139 Å². The second kappa shape index (κ2) is 7.45. The molecule has 23 heavy (non-hydrogen) atoms. The van der Waals surface area contributed by atoms with Crippen LogP contribution in [0.15, 0.2) is 48.5 Å². The van der Waals surface area contributed by atoms with Crippen molar-refractivity contribution in [3.63, 3.8) is 0 Å². The van der Waals surface area contributed by atoms with Crippen molar-refractivity contribution < 1.29 is 9.53 Å². The third kappa shape index (κ3) is 4.95. The van der Waals surface area contributed by atoms with Gasteiger partial charge in [-0.1, -0.05) is 63.2 Å². The number of para-hydroxylation sites is 1. The number of rotatable bonds is 6. The van der Waals surface area contributed by atoms with E-state index in [1.807, 2.05) is 57.2 Å². The smallest absolute Gasteiger partial charge is 0.138 e. The molecule has 0 aliphatic rings. The number of carbonyl (C=O) groups excluding carboxylic acids is 1. The molecule has 0 spiro atoms. The summed E-state index contributed by atoms with van der Waals surface area (Å²) in [4.78, 5) is 12.1. The molecule has 0 bridgehead atoms. The fourth-order valence-corrected chi connectivity index (χ4v) is 2.40. The molecule has 2 heteroatoms. The third-order valence-corrected chi connectivity index (χ3v) is 4.07. The van der Waals surface area contributed by atoms with Crippen molar-refractivity contribution in [3.8, 4) is 5.75 Å². The van der Waals surface area contributed by atoms with Gasteiger partial charge in [0.2, 0.25) is 0 Å². The standard InChI is InChI=1S/C21H26O2/c1-16-9-5-6-11-18(16)15-23-19-12-8-7-10-17(19)13-14-20(22)21(2,3)4/h5-12H,13-15H2,1-4H3. The zero-order valence-corrected chi connectivity index (χ0v) is 14.6. The minimum Gasteiger partial charge on any atom is -0.489 e. The van der Waals surface area contributed by atoms with Crippen LogP contribution in [0.3, 0.4) is 0 Å². The molecule has 2 nitrogen and oxygen atoms in total. The molecule has 2 rings (SSSR count). The molecule has 2 aromatic rings. The van der Waals surface area contributed by atoms with E-state index in [4.69, 9.17) is 4.74 Å². The second-order valence-electron chi connectivity index (χ2n) is 7.00. The van der Waals surface area contributed by atoms with Crippen LogP contribution in [0, 0.1) is 12.3 Å². The van der Waals surface area contributed by atoms with Gasteiger partial charge in [0.15, 0.2) is 0 Å². The fourth-order valence-electron chi connectivity index (χ4n) is 2.40. The van der Waals surface area contributed by atoms with Crippen LogP contribution in [-0.2, 0) is 17.8 Å². The van der Waals surface area contributed by atoms with E-state index in [-0.39, 0.29) is 11.2 Å². The van der Waals surface area contributed by atoms with Gasteiger partial charge in [-0.05, 0) is 36.1 Å². The maximum Gasteiger partial charge on any atom is 0.138 e. The SMILES string of the molecule is Cc1ccccc1COc1ccccc1CCC(=O)C(C)(C)C. The van der Waals surface area contributed by atoms with Crippen LogP contribution >= 0.6 is 0 Å². The van der Waals surface area contributed by atoms with Crippen LogP contribution in [0.25, 0.3) is 0 Å². The van der Waals surface area contributed by atoms with Crippen LogP contribution < -0.4 is 4.74 Å². The van der Waals surface area contributed by atoms with Gasteiger partial charge in [-0.2, -0.15) is 0 Å². The predicted octanol–water partition coefficient (Wildman–Crippen LogP) is 5.12. The summed E-state index contributed by atoms with van der Waals surface area (Å²) >= 11 is 0. The van der Waals surface area contributed by atoms with Crippen molar-refractivity contribution in [3.05, 3.63) is 65.2 Å². The molecule has 0 atom stereocenters. The average molecular weight is 310 g/mol. The quantitative estimate of drug-likeness (QED) is 0.740. The van der Waals surface area contributed by atoms with Gasteiger partial charge in [0.1, 0.15) is 18.1 Å². The van der Waals surface area contributed by atoms with Crippen molar-refractivity contribution in [1.82, 2.24) is 0 Å². The minimum atomic E-state index is -0.281. The van der Waals surface area contributed by atoms with Gasteiger partial charge >= 0.3 is 0 Å². The molecule has 0 aromatic heterocycles. The molecule has 0 unspecified atom stereocenters. The summed E-state index contributed by atoms with van der Waals surface area (Å²) < 4.78 is 6.01. The number of benzene rings is 2. The van der Waals surface area contributed by atoms with Gasteiger partial charge in [0.05, 0.1) is 0 Å². The van der Waals surface area contributed by atoms with E-state index >= 15 is 0 Å². The van der Waals surface area contributed by atoms with Crippen LogP contribution in [0.5, 0.6) is 5.75 Å². The molecule has 0 saturated heterocycles. The predicted molar refractivity (Wildman–Crippen MR) is 94.7 cm³/mol. The number of hydrogen-bond acceptors (Lipinski definition) is 2. The number of hydrogen-bond donors (Lipinski definition) is 0. The van der Waals surface area contributed by atoms with Crippen molar-refractivity contribution >= 4 is 5.78 Å². The Morgan fingerprint density at radius 1 is 0.957 bits per heavy atom. The maximum atomic E-state index is 12.1. The summed E-state index contributed by atoms with van der Waals surface area (Å²) in [6.07, 6.45) is 1.27. The van der Waals surface area contributed by atoms with E-state index in [0.29, 0.717) is 13.0 Å². The number of aryl methyl sites for hydroxylation is 2. The summed E-state index contributed by atoms with van der Waals surface area (Å²) in [5.41, 5.74) is 3.23. The fraction of sp³-hybridized carbons (Fsp3) is 0.381. The Morgan fingerprint density at radius 3 is 2.22 bits per heavy atom. The van der Waals surface area contributed by atoms with Crippen molar-refractivity contribution in [2.24, 2.45) is 5.41 Å². The molecule has 2 aromatic carbocycles. The minimum absolute atomic E-state index is 0.281. The largest absolute Gasteiger partial charge is 0.489 e. The molecule has 122 valence electrons. The number of Topliss-reactive ketones (excluding diaryl/α,β-unsaturated/α-hetero) is 1. The number of carbonyl (C=O) groups is 1. The molecule has 0 N–H and O–H groups in total. The van der Waals surface area contributed by atoms with Crippen LogP contribution in [0.2, 0.25) is 0 Å². The molecule has 0 aliphatic carbocycles. The number of ketones is 1. The van der Waals surface area contributed by atoms with Gasteiger partial charge < -0.3 is 4.74 Å². The lowest BCUT2D eigenvalue weighted by atomic mass is 9.87. The lowest BCUT2D eigenvalue weighted by molar-refractivity contribution is -0.126. The highest BCUT2D eigenvalue weighted by Gasteiger charge is 2.20. The van der Waals surface area contributed by atoms with Crippen LogP contribution in [0.1, 0.15) is 43.9 Å². The summed E-state index contributed by atoms with van der Waals surface area (Å²) in [6, 6.07) is 16.2. The van der Waals surface area contributed by atoms with Crippen molar-refractivity contribution in [1.29, 1.82) is 0 Å². The first kappa shape index (κ1) is 17.3. The first-order chi connectivity index (χ1) is 10.9. The molecule has 0 saturated carbocycles. The Bertz CT molecular complexity index is 666. The van der Waals surface area contributed by atoms with E-state index in [1.165, 1.54) is 11.1 Å². The van der Waals surface area contributed by atoms with Crippen molar-refractivity contribution in [2.75, 3.05) is 0 Å². The van der Waals surface area contributed by atoms with Gasteiger partial charge in [0, 0.05) is 11.8 Å². The van der Waals surface area contributed by atoms with Crippen LogP contribution in [-0.4, -0.2) is 5.78 Å². The molecule has 0 fully saturated rings. The van der Waals surface area contributed by atoms with Gasteiger partial charge in [-0.25, -0.2) is 0 Å². The highest BCUT2D eigenvalue weighted by atomic mass is 16.5. The Morgan fingerprint density at radius 2 is 1.57 bits per heavy atom. The number of ether oxygens (including phenoxy) is 1. The molecular weight excluding hydrogens is 284 g/mol. The zero-order valence-electron chi connectivity index (χ0n) is 14.6. The maximum absolute atomic E-state index is 12.1. The van der Waals surface area contributed by atoms with E-state index in [1.54, 1.807) is 0 Å². The van der Waals surface area contributed by atoms with E-state index in [0.717, 1.165) is 17.7 Å². The molecule has 0 amide bonds. The molecule has 0 radical (unpaired) electrons. The second-order valence-corrected chi connectivity index (χ2v) is 7.00. The highest BCUT2D eigenvalue weighted by molar-refractivity contribution is 5.83. The third-order valence-electron chi connectivity index (χ3n) is 4.07. The van der Waals surface area contributed by atoms with Crippen molar-refractivity contribution in [2.45, 2.75) is 47.1 Å². The summed E-state index contributed by atoms with van der Waals surface area (Å²) in [5, 5.41) is 0. The Kier molecular flexibility index (Phi) is 5.59.